The second-order valence-corrected chi connectivity index (χ2v) is 7.60. The quantitative estimate of drug-likeness (QED) is 0.802. The molecule has 2 aromatic rings. The summed E-state index contributed by atoms with van der Waals surface area (Å²) in [6, 6.07) is 12.7. The summed E-state index contributed by atoms with van der Waals surface area (Å²) in [6.07, 6.45) is 0.520. The van der Waals surface area contributed by atoms with E-state index in [0.717, 1.165) is 43.6 Å². The number of amides is 1. The van der Waals surface area contributed by atoms with E-state index < -0.39 is 17.7 Å². The maximum absolute atomic E-state index is 14.4. The molecule has 0 aliphatic carbocycles. The van der Waals surface area contributed by atoms with Gasteiger partial charge in [-0.2, -0.15) is 0 Å². The third-order valence-corrected chi connectivity index (χ3v) is 5.67. The van der Waals surface area contributed by atoms with Crippen LogP contribution in [-0.2, 0) is 9.47 Å². The minimum absolute atomic E-state index is 0.192. The van der Waals surface area contributed by atoms with Crippen molar-refractivity contribution < 1.29 is 23.0 Å². The molecule has 2 aliphatic rings. The summed E-state index contributed by atoms with van der Waals surface area (Å²) in [6.45, 7) is 3.19. The Balaban J connectivity index is 1.38. The minimum Gasteiger partial charge on any atom is -0.441 e. The normalized spacial score (nSPS) is 19.7. The average molecular weight is 402 g/mol. The van der Waals surface area contributed by atoms with Gasteiger partial charge in [0.25, 0.3) is 0 Å². The number of rotatable bonds is 6. The molecule has 0 bridgehead atoms. The van der Waals surface area contributed by atoms with Crippen molar-refractivity contribution in [3.8, 4) is 0 Å². The van der Waals surface area contributed by atoms with E-state index in [9.17, 15) is 13.6 Å². The number of likely N-dealkylation sites (tertiary alicyclic amines) is 1. The number of piperidine rings is 1. The zero-order valence-electron chi connectivity index (χ0n) is 16.1. The lowest BCUT2D eigenvalue weighted by molar-refractivity contribution is -0.0107. The summed E-state index contributed by atoms with van der Waals surface area (Å²) in [5.41, 5.74) is 0.586. The molecule has 7 heteroatoms. The molecule has 2 heterocycles. The van der Waals surface area contributed by atoms with Crippen molar-refractivity contribution >= 4 is 6.09 Å². The number of halogens is 2. The van der Waals surface area contributed by atoms with E-state index in [2.05, 4.69) is 10.2 Å². The molecule has 0 saturated carbocycles. The first-order chi connectivity index (χ1) is 14.0. The van der Waals surface area contributed by atoms with Crippen LogP contribution in [0.3, 0.4) is 0 Å². The molecule has 154 valence electrons. The molecular weight excluding hydrogens is 378 g/mol. The summed E-state index contributed by atoms with van der Waals surface area (Å²) >= 11 is 0. The Morgan fingerprint density at radius 3 is 2.59 bits per heavy atom. The Hall–Kier alpha value is -2.51. The van der Waals surface area contributed by atoms with Gasteiger partial charge < -0.3 is 19.7 Å². The van der Waals surface area contributed by atoms with Crippen LogP contribution in [-0.4, -0.2) is 49.4 Å². The summed E-state index contributed by atoms with van der Waals surface area (Å²) < 4.78 is 39.6. The van der Waals surface area contributed by atoms with Crippen LogP contribution in [0.15, 0.2) is 48.5 Å². The highest BCUT2D eigenvalue weighted by Gasteiger charge is 2.42. The fourth-order valence-corrected chi connectivity index (χ4v) is 3.97. The van der Waals surface area contributed by atoms with Crippen molar-refractivity contribution in [2.24, 2.45) is 0 Å². The van der Waals surface area contributed by atoms with Crippen LogP contribution in [0.5, 0.6) is 0 Å². The highest BCUT2D eigenvalue weighted by molar-refractivity contribution is 5.70. The van der Waals surface area contributed by atoms with Crippen molar-refractivity contribution in [3.05, 3.63) is 71.3 Å². The van der Waals surface area contributed by atoms with Crippen LogP contribution in [0.1, 0.15) is 30.1 Å². The Kier molecular flexibility index (Phi) is 5.78. The van der Waals surface area contributed by atoms with Gasteiger partial charge in [0.15, 0.2) is 0 Å². The van der Waals surface area contributed by atoms with E-state index >= 15 is 0 Å². The highest BCUT2D eigenvalue weighted by atomic mass is 19.1. The maximum atomic E-state index is 14.4. The van der Waals surface area contributed by atoms with Gasteiger partial charge >= 0.3 is 6.09 Å². The fourth-order valence-electron chi connectivity index (χ4n) is 3.97. The standard InChI is InChI=1S/C22H24F2N2O3/c23-17-6-7-19(24)18(14-17)20(16-4-2-1-3-5-16)28-13-12-26-10-8-22(9-11-26)15-25-21(27)29-22/h1-7,14,20H,8-13,15H2,(H,25,27). The van der Waals surface area contributed by atoms with Crippen LogP contribution in [0.25, 0.3) is 0 Å². The lowest BCUT2D eigenvalue weighted by atomic mass is 9.92. The first kappa shape index (κ1) is 19.8. The van der Waals surface area contributed by atoms with E-state index in [0.29, 0.717) is 19.7 Å². The first-order valence-electron chi connectivity index (χ1n) is 9.85. The maximum Gasteiger partial charge on any atom is 0.407 e. The number of carbonyl (C=O) groups is 1. The molecule has 0 aromatic heterocycles. The van der Waals surface area contributed by atoms with Crippen LogP contribution < -0.4 is 5.32 Å². The molecule has 2 fully saturated rings. The Labute approximate surface area is 168 Å². The van der Waals surface area contributed by atoms with E-state index in [1.807, 2.05) is 30.3 Å². The minimum atomic E-state index is -0.678. The highest BCUT2D eigenvalue weighted by Crippen LogP contribution is 2.30. The molecule has 0 radical (unpaired) electrons. The smallest absolute Gasteiger partial charge is 0.407 e. The SMILES string of the molecule is O=C1NCC2(CCN(CCOC(c3ccccc3)c3cc(F)ccc3F)CC2)O1. The van der Waals surface area contributed by atoms with E-state index in [1.54, 1.807) is 0 Å². The van der Waals surface area contributed by atoms with Crippen LogP contribution in [0.4, 0.5) is 13.6 Å². The zero-order valence-corrected chi connectivity index (χ0v) is 16.1. The molecule has 1 atom stereocenters. The molecule has 4 rings (SSSR count). The molecule has 1 spiro atoms. The number of alkyl carbamates (subject to hydrolysis) is 1. The van der Waals surface area contributed by atoms with E-state index in [4.69, 9.17) is 9.47 Å². The van der Waals surface area contributed by atoms with Gasteiger partial charge in [-0.05, 0) is 23.8 Å². The van der Waals surface area contributed by atoms with Gasteiger partial charge in [0.05, 0.1) is 13.2 Å². The predicted molar refractivity (Wildman–Crippen MR) is 103 cm³/mol. The molecule has 5 nitrogen and oxygen atoms in total. The Morgan fingerprint density at radius 2 is 1.90 bits per heavy atom. The molecular formula is C22H24F2N2O3. The van der Waals surface area contributed by atoms with Gasteiger partial charge in [0.1, 0.15) is 23.3 Å². The van der Waals surface area contributed by atoms with Gasteiger partial charge in [0, 0.05) is 38.0 Å². The summed E-state index contributed by atoms with van der Waals surface area (Å²) in [5, 5.41) is 2.73. The zero-order chi connectivity index (χ0) is 20.3. The number of ether oxygens (including phenoxy) is 2. The van der Waals surface area contributed by atoms with Gasteiger partial charge in [0.2, 0.25) is 0 Å². The number of nitrogens with zero attached hydrogens (tertiary/aromatic N) is 1. The molecule has 2 aromatic carbocycles. The van der Waals surface area contributed by atoms with Crippen molar-refractivity contribution in [1.82, 2.24) is 10.2 Å². The Bertz CT molecular complexity index is 854. The van der Waals surface area contributed by atoms with E-state index in [-0.39, 0.29) is 17.3 Å². The molecule has 1 N–H and O–H groups in total. The van der Waals surface area contributed by atoms with Gasteiger partial charge in [-0.15, -0.1) is 0 Å². The second kappa shape index (κ2) is 8.47. The molecule has 29 heavy (non-hydrogen) atoms. The predicted octanol–water partition coefficient (Wildman–Crippen LogP) is 3.65. The third kappa shape index (κ3) is 4.57. The molecule has 1 unspecified atom stereocenters. The topological polar surface area (TPSA) is 50.8 Å². The van der Waals surface area contributed by atoms with Crippen LogP contribution in [0.2, 0.25) is 0 Å². The van der Waals surface area contributed by atoms with Gasteiger partial charge in [-0.3, -0.25) is 0 Å². The lowest BCUT2D eigenvalue weighted by Crippen LogP contribution is -2.47. The average Bonchev–Trinajstić information content (AvgIpc) is 3.10. The lowest BCUT2D eigenvalue weighted by Gasteiger charge is -2.37. The first-order valence-corrected chi connectivity index (χ1v) is 9.85. The number of hydrogen-bond donors (Lipinski definition) is 1. The number of nitrogens with one attached hydrogen (secondary N) is 1. The second-order valence-electron chi connectivity index (χ2n) is 7.60. The number of benzene rings is 2. The largest absolute Gasteiger partial charge is 0.441 e. The molecule has 2 saturated heterocycles. The monoisotopic (exact) mass is 402 g/mol. The van der Waals surface area contributed by atoms with Crippen LogP contribution in [0, 0.1) is 11.6 Å². The number of hydrogen-bond acceptors (Lipinski definition) is 4. The molecule has 1 amide bonds. The van der Waals surface area contributed by atoms with Crippen molar-refractivity contribution in [3.63, 3.8) is 0 Å². The summed E-state index contributed by atoms with van der Waals surface area (Å²) in [7, 11) is 0. The molecule has 2 aliphatic heterocycles. The van der Waals surface area contributed by atoms with Crippen molar-refractivity contribution in [1.29, 1.82) is 0 Å². The van der Waals surface area contributed by atoms with Crippen molar-refractivity contribution in [2.75, 3.05) is 32.8 Å². The van der Waals surface area contributed by atoms with Gasteiger partial charge in [-0.25, -0.2) is 13.6 Å². The third-order valence-electron chi connectivity index (χ3n) is 5.67. The summed E-state index contributed by atoms with van der Waals surface area (Å²) in [4.78, 5) is 13.6. The van der Waals surface area contributed by atoms with Crippen molar-refractivity contribution in [2.45, 2.75) is 24.5 Å². The number of carbonyl (C=O) groups excluding carboxylic acids is 1. The van der Waals surface area contributed by atoms with Crippen LogP contribution >= 0.6 is 0 Å². The fraction of sp³-hybridized carbons (Fsp3) is 0.409. The van der Waals surface area contributed by atoms with E-state index in [1.165, 1.54) is 6.07 Å². The van der Waals surface area contributed by atoms with Gasteiger partial charge in [-0.1, -0.05) is 30.3 Å². The Morgan fingerprint density at radius 1 is 1.14 bits per heavy atom. The summed E-state index contributed by atoms with van der Waals surface area (Å²) in [5.74, 6) is -0.984.